The fraction of sp³-hybridized carbons (Fsp3) is 0.333. The molecular weight excluding hydrogens is 408 g/mol. The van der Waals surface area contributed by atoms with Crippen molar-refractivity contribution in [2.45, 2.75) is 19.5 Å². The van der Waals surface area contributed by atoms with Crippen molar-refractivity contribution in [1.29, 1.82) is 0 Å². The Morgan fingerprint density at radius 2 is 1.58 bits per heavy atom. The summed E-state index contributed by atoms with van der Waals surface area (Å²) >= 11 is 0. The highest BCUT2D eigenvalue weighted by atomic mass is 15.3. The summed E-state index contributed by atoms with van der Waals surface area (Å²) in [5, 5.41) is 6.86. The average Bonchev–Trinajstić information content (AvgIpc) is 2.88. The third-order valence-electron chi connectivity index (χ3n) is 6.08. The summed E-state index contributed by atoms with van der Waals surface area (Å²) in [6, 6.07) is 25.4. The summed E-state index contributed by atoms with van der Waals surface area (Å²) in [5.41, 5.74) is 5.10. The molecule has 2 heterocycles. The second kappa shape index (κ2) is 12.0. The highest BCUT2D eigenvalue weighted by Crippen LogP contribution is 2.18. The van der Waals surface area contributed by atoms with Crippen LogP contribution < -0.4 is 15.5 Å². The predicted molar refractivity (Wildman–Crippen MR) is 137 cm³/mol. The fourth-order valence-corrected chi connectivity index (χ4v) is 4.18. The summed E-state index contributed by atoms with van der Waals surface area (Å²) < 4.78 is 0. The third kappa shape index (κ3) is 6.80. The van der Waals surface area contributed by atoms with E-state index in [1.54, 1.807) is 0 Å². The number of para-hydroxylation sites is 1. The molecule has 1 saturated heterocycles. The number of rotatable bonds is 8. The topological polar surface area (TPSA) is 55.8 Å². The Balaban J connectivity index is 1.26. The number of aromatic nitrogens is 1. The van der Waals surface area contributed by atoms with E-state index in [4.69, 9.17) is 0 Å². The molecule has 3 aromatic rings. The van der Waals surface area contributed by atoms with Gasteiger partial charge in [-0.05, 0) is 35.4 Å². The van der Waals surface area contributed by atoms with Crippen LogP contribution in [-0.4, -0.2) is 55.6 Å². The summed E-state index contributed by atoms with van der Waals surface area (Å²) in [7, 11) is 1.81. The molecule has 6 nitrogen and oxygen atoms in total. The lowest BCUT2D eigenvalue weighted by molar-refractivity contribution is 0.249. The van der Waals surface area contributed by atoms with E-state index in [0.29, 0.717) is 0 Å². The van der Waals surface area contributed by atoms with Gasteiger partial charge in [0.25, 0.3) is 0 Å². The first-order valence-electron chi connectivity index (χ1n) is 11.8. The Bertz CT molecular complexity index is 997. The Hall–Kier alpha value is -3.38. The van der Waals surface area contributed by atoms with E-state index in [1.165, 1.54) is 16.8 Å². The molecule has 1 aliphatic heterocycles. The Kier molecular flexibility index (Phi) is 8.30. The molecule has 1 aromatic heterocycles. The van der Waals surface area contributed by atoms with E-state index < -0.39 is 0 Å². The number of aliphatic imine (C=N–C) groups is 1. The molecule has 0 aliphatic carbocycles. The number of anilines is 1. The molecule has 6 heteroatoms. The Morgan fingerprint density at radius 3 is 2.30 bits per heavy atom. The van der Waals surface area contributed by atoms with Gasteiger partial charge in [0.2, 0.25) is 0 Å². The number of nitrogens with one attached hydrogen (secondary N) is 2. The second-order valence-electron chi connectivity index (χ2n) is 8.29. The van der Waals surface area contributed by atoms with Crippen molar-refractivity contribution in [3.05, 3.63) is 95.8 Å². The standard InChI is InChI=1S/C27H34N6/c1-28-27(30-16-14-25-11-7-8-15-29-25)31-21-23-9-5-6-10-24(23)22-32-17-19-33(20-18-32)26-12-3-2-4-13-26/h2-13,15H,14,16-22H2,1H3,(H2,28,30,31). The minimum Gasteiger partial charge on any atom is -0.369 e. The van der Waals surface area contributed by atoms with E-state index in [1.807, 2.05) is 31.4 Å². The maximum absolute atomic E-state index is 4.38. The monoisotopic (exact) mass is 442 g/mol. The maximum atomic E-state index is 4.38. The van der Waals surface area contributed by atoms with Crippen LogP contribution in [0.4, 0.5) is 5.69 Å². The van der Waals surface area contributed by atoms with Gasteiger partial charge in [0.1, 0.15) is 0 Å². The SMILES string of the molecule is CN=C(NCCc1ccccn1)NCc1ccccc1CN1CCN(c2ccccc2)CC1. The van der Waals surface area contributed by atoms with Gasteiger partial charge in [-0.15, -0.1) is 0 Å². The smallest absolute Gasteiger partial charge is 0.191 e. The lowest BCUT2D eigenvalue weighted by Gasteiger charge is -2.36. The second-order valence-corrected chi connectivity index (χ2v) is 8.29. The van der Waals surface area contributed by atoms with Crippen molar-refractivity contribution in [1.82, 2.24) is 20.5 Å². The summed E-state index contributed by atoms with van der Waals surface area (Å²) in [4.78, 5) is 13.8. The zero-order valence-corrected chi connectivity index (χ0v) is 19.5. The molecule has 0 atom stereocenters. The van der Waals surface area contributed by atoms with E-state index in [9.17, 15) is 0 Å². The lowest BCUT2D eigenvalue weighted by atomic mass is 10.1. The van der Waals surface area contributed by atoms with Crippen molar-refractivity contribution in [2.75, 3.05) is 44.7 Å². The molecule has 172 valence electrons. The first-order chi connectivity index (χ1) is 16.3. The first kappa shape index (κ1) is 22.8. The molecule has 1 aliphatic rings. The van der Waals surface area contributed by atoms with Gasteiger partial charge in [-0.2, -0.15) is 0 Å². The van der Waals surface area contributed by atoms with E-state index >= 15 is 0 Å². The molecule has 2 N–H and O–H groups in total. The van der Waals surface area contributed by atoms with Crippen molar-refractivity contribution in [3.63, 3.8) is 0 Å². The first-order valence-corrected chi connectivity index (χ1v) is 11.8. The molecule has 33 heavy (non-hydrogen) atoms. The van der Waals surface area contributed by atoms with Gasteiger partial charge >= 0.3 is 0 Å². The molecule has 1 fully saturated rings. The number of hydrogen-bond acceptors (Lipinski definition) is 4. The predicted octanol–water partition coefficient (Wildman–Crippen LogP) is 3.31. The Morgan fingerprint density at radius 1 is 0.848 bits per heavy atom. The van der Waals surface area contributed by atoms with Crippen LogP contribution >= 0.6 is 0 Å². The zero-order chi connectivity index (χ0) is 22.7. The van der Waals surface area contributed by atoms with Gasteiger partial charge in [0.15, 0.2) is 5.96 Å². The van der Waals surface area contributed by atoms with Crippen LogP contribution in [0.5, 0.6) is 0 Å². The lowest BCUT2D eigenvalue weighted by Crippen LogP contribution is -2.46. The molecule has 2 aromatic carbocycles. The van der Waals surface area contributed by atoms with Crippen molar-refractivity contribution < 1.29 is 0 Å². The summed E-state index contributed by atoms with van der Waals surface area (Å²) in [5.74, 6) is 0.817. The van der Waals surface area contributed by atoms with Gasteiger partial charge < -0.3 is 15.5 Å². The van der Waals surface area contributed by atoms with Crippen LogP contribution in [0.3, 0.4) is 0 Å². The van der Waals surface area contributed by atoms with Crippen LogP contribution in [0, 0.1) is 0 Å². The highest BCUT2D eigenvalue weighted by molar-refractivity contribution is 5.79. The number of hydrogen-bond donors (Lipinski definition) is 2. The molecule has 0 saturated carbocycles. The maximum Gasteiger partial charge on any atom is 0.191 e. The molecule has 0 spiro atoms. The van der Waals surface area contributed by atoms with E-state index in [2.05, 4.69) is 85.0 Å². The number of nitrogens with zero attached hydrogens (tertiary/aromatic N) is 4. The zero-order valence-electron chi connectivity index (χ0n) is 19.5. The summed E-state index contributed by atoms with van der Waals surface area (Å²) in [6.45, 7) is 6.81. The number of benzene rings is 2. The number of guanidine groups is 1. The van der Waals surface area contributed by atoms with E-state index in [-0.39, 0.29) is 0 Å². The average molecular weight is 443 g/mol. The van der Waals surface area contributed by atoms with Gasteiger partial charge in [-0.1, -0.05) is 48.5 Å². The van der Waals surface area contributed by atoms with Crippen molar-refractivity contribution in [3.8, 4) is 0 Å². The molecule has 0 amide bonds. The molecule has 4 rings (SSSR count). The van der Waals surface area contributed by atoms with Gasteiger partial charge in [0.05, 0.1) is 0 Å². The minimum atomic E-state index is 0.753. The van der Waals surface area contributed by atoms with Crippen LogP contribution in [-0.2, 0) is 19.5 Å². The van der Waals surface area contributed by atoms with Crippen LogP contribution in [0.15, 0.2) is 84.0 Å². The normalized spacial score (nSPS) is 14.8. The van der Waals surface area contributed by atoms with Crippen LogP contribution in [0.25, 0.3) is 0 Å². The molecular formula is C27H34N6. The number of pyridine rings is 1. The summed E-state index contributed by atoms with van der Waals surface area (Å²) in [6.07, 6.45) is 2.70. The van der Waals surface area contributed by atoms with Crippen molar-refractivity contribution >= 4 is 11.6 Å². The van der Waals surface area contributed by atoms with E-state index in [0.717, 1.165) is 63.9 Å². The molecule has 0 unspecified atom stereocenters. The van der Waals surface area contributed by atoms with Crippen LogP contribution in [0.2, 0.25) is 0 Å². The molecule has 0 bridgehead atoms. The van der Waals surface area contributed by atoms with Crippen molar-refractivity contribution in [2.24, 2.45) is 4.99 Å². The number of piperazine rings is 1. The molecule has 0 radical (unpaired) electrons. The van der Waals surface area contributed by atoms with Crippen LogP contribution in [0.1, 0.15) is 16.8 Å². The van der Waals surface area contributed by atoms with Gasteiger partial charge in [-0.25, -0.2) is 0 Å². The largest absolute Gasteiger partial charge is 0.369 e. The fourth-order valence-electron chi connectivity index (χ4n) is 4.18. The van der Waals surface area contributed by atoms with Gasteiger partial charge in [0, 0.05) is 76.9 Å². The highest BCUT2D eigenvalue weighted by Gasteiger charge is 2.18. The Labute approximate surface area is 197 Å². The minimum absolute atomic E-state index is 0.753. The quantitative estimate of drug-likeness (QED) is 0.414. The third-order valence-corrected chi connectivity index (χ3v) is 6.08. The van der Waals surface area contributed by atoms with Gasteiger partial charge in [-0.3, -0.25) is 14.9 Å².